The molecule has 0 aliphatic heterocycles. The zero-order valence-electron chi connectivity index (χ0n) is 6.30. The van der Waals surface area contributed by atoms with Crippen LogP contribution in [-0.2, 0) is 0 Å². The van der Waals surface area contributed by atoms with Crippen LogP contribution in [0.2, 0.25) is 0 Å². The van der Waals surface area contributed by atoms with E-state index in [1.807, 2.05) is 0 Å². The first kappa shape index (κ1) is 6.85. The van der Waals surface area contributed by atoms with Crippen LogP contribution >= 0.6 is 0 Å². The molecule has 3 heteroatoms. The van der Waals surface area contributed by atoms with Crippen LogP contribution in [0.15, 0.2) is 11.8 Å². The average Bonchev–Trinajstić information content (AvgIpc) is 2.39. The van der Waals surface area contributed by atoms with Crippen LogP contribution in [0.4, 0.5) is 0 Å². The highest BCUT2D eigenvalue weighted by molar-refractivity contribution is 6.03. The summed E-state index contributed by atoms with van der Waals surface area (Å²) in [7, 11) is 0. The highest BCUT2D eigenvalue weighted by Crippen LogP contribution is 2.43. The molecule has 0 amide bonds. The Balaban J connectivity index is 2.40. The first-order valence-electron chi connectivity index (χ1n) is 3.93. The normalized spacial score (nSPS) is 42.5. The molecule has 1 fully saturated rings. The van der Waals surface area contributed by atoms with Crippen molar-refractivity contribution in [2.45, 2.75) is 24.9 Å². The fourth-order valence-electron chi connectivity index (χ4n) is 2.15. The van der Waals surface area contributed by atoms with E-state index in [1.54, 1.807) is 6.08 Å². The molecule has 0 unspecified atom stereocenters. The number of rotatable bonds is 0. The SMILES string of the molecule is N=C1C=C(N)[C@H]2CCC[C@@]12O. The Bertz CT molecular complexity index is 246. The fourth-order valence-corrected chi connectivity index (χ4v) is 2.15. The molecule has 2 rings (SSSR count). The van der Waals surface area contributed by atoms with Gasteiger partial charge in [0.2, 0.25) is 0 Å². The van der Waals surface area contributed by atoms with Crippen molar-refractivity contribution in [1.82, 2.24) is 0 Å². The summed E-state index contributed by atoms with van der Waals surface area (Å²) in [5.74, 6) is 0.0370. The zero-order chi connectivity index (χ0) is 8.06. The van der Waals surface area contributed by atoms with Crippen molar-refractivity contribution < 1.29 is 5.11 Å². The lowest BCUT2D eigenvalue weighted by Gasteiger charge is -2.22. The molecule has 60 valence electrons. The molecule has 0 aromatic carbocycles. The second kappa shape index (κ2) is 1.85. The molecule has 1 saturated carbocycles. The average molecular weight is 152 g/mol. The number of aliphatic hydroxyl groups is 1. The third kappa shape index (κ3) is 0.688. The smallest absolute Gasteiger partial charge is 0.114 e. The van der Waals surface area contributed by atoms with Crippen LogP contribution in [0, 0.1) is 11.3 Å². The van der Waals surface area contributed by atoms with E-state index >= 15 is 0 Å². The topological polar surface area (TPSA) is 70.1 Å². The van der Waals surface area contributed by atoms with E-state index < -0.39 is 5.60 Å². The lowest BCUT2D eigenvalue weighted by Crippen LogP contribution is -2.37. The third-order valence-electron chi connectivity index (χ3n) is 2.81. The quantitative estimate of drug-likeness (QED) is 0.470. The van der Waals surface area contributed by atoms with E-state index in [0.29, 0.717) is 17.8 Å². The van der Waals surface area contributed by atoms with Gasteiger partial charge in [-0.2, -0.15) is 0 Å². The van der Waals surface area contributed by atoms with E-state index in [-0.39, 0.29) is 5.92 Å². The highest BCUT2D eigenvalue weighted by Gasteiger charge is 2.49. The number of fused-ring (bicyclic) bond motifs is 1. The summed E-state index contributed by atoms with van der Waals surface area (Å²) in [5, 5.41) is 17.4. The van der Waals surface area contributed by atoms with Gasteiger partial charge in [0.1, 0.15) is 5.60 Å². The van der Waals surface area contributed by atoms with Gasteiger partial charge in [0.15, 0.2) is 0 Å². The third-order valence-corrected chi connectivity index (χ3v) is 2.81. The van der Waals surface area contributed by atoms with Gasteiger partial charge in [0.25, 0.3) is 0 Å². The van der Waals surface area contributed by atoms with E-state index in [4.69, 9.17) is 11.1 Å². The van der Waals surface area contributed by atoms with Crippen molar-refractivity contribution in [3.8, 4) is 0 Å². The van der Waals surface area contributed by atoms with E-state index in [1.165, 1.54) is 0 Å². The molecule has 4 N–H and O–H groups in total. The molecule has 0 spiro atoms. The summed E-state index contributed by atoms with van der Waals surface area (Å²) < 4.78 is 0. The molecule has 2 aliphatic carbocycles. The second-order valence-electron chi connectivity index (χ2n) is 3.43. The highest BCUT2D eigenvalue weighted by atomic mass is 16.3. The van der Waals surface area contributed by atoms with Gasteiger partial charge in [-0.05, 0) is 25.3 Å². The van der Waals surface area contributed by atoms with Crippen LogP contribution < -0.4 is 5.73 Å². The summed E-state index contributed by atoms with van der Waals surface area (Å²) in [5.41, 5.74) is 5.75. The zero-order valence-corrected chi connectivity index (χ0v) is 6.30. The molecular weight excluding hydrogens is 140 g/mol. The van der Waals surface area contributed by atoms with Gasteiger partial charge in [-0.25, -0.2) is 0 Å². The summed E-state index contributed by atoms with van der Waals surface area (Å²) in [4.78, 5) is 0. The Labute approximate surface area is 65.4 Å². The molecule has 2 atom stereocenters. The lowest BCUT2D eigenvalue weighted by molar-refractivity contribution is 0.0912. The number of hydrogen-bond donors (Lipinski definition) is 3. The van der Waals surface area contributed by atoms with Gasteiger partial charge < -0.3 is 16.2 Å². The van der Waals surface area contributed by atoms with Crippen LogP contribution in [-0.4, -0.2) is 16.4 Å². The maximum absolute atomic E-state index is 9.91. The maximum Gasteiger partial charge on any atom is 0.114 e. The molecule has 0 saturated heterocycles. The van der Waals surface area contributed by atoms with Crippen molar-refractivity contribution >= 4 is 5.71 Å². The minimum absolute atomic E-state index is 0.0370. The van der Waals surface area contributed by atoms with Crippen molar-refractivity contribution in [2.24, 2.45) is 11.7 Å². The Kier molecular flexibility index (Phi) is 1.16. The standard InChI is InChI=1S/C8H12N2O/c9-6-4-7(10)8(11)3-1-2-5(6)8/h4-5,10-11H,1-3,9H2/t5-,8+/m1/s1. The molecule has 0 radical (unpaired) electrons. The van der Waals surface area contributed by atoms with Crippen LogP contribution in [0.3, 0.4) is 0 Å². The predicted octanol–water partition coefficient (Wildman–Crippen LogP) is 0.394. The van der Waals surface area contributed by atoms with Crippen molar-refractivity contribution in [1.29, 1.82) is 5.41 Å². The van der Waals surface area contributed by atoms with Crippen molar-refractivity contribution in [3.05, 3.63) is 11.8 Å². The van der Waals surface area contributed by atoms with E-state index in [9.17, 15) is 5.11 Å². The molecular formula is C8H12N2O. The minimum Gasteiger partial charge on any atom is -0.402 e. The van der Waals surface area contributed by atoms with Crippen LogP contribution in [0.1, 0.15) is 19.3 Å². The van der Waals surface area contributed by atoms with Crippen LogP contribution in [0.5, 0.6) is 0 Å². The molecule has 3 nitrogen and oxygen atoms in total. The van der Waals surface area contributed by atoms with Gasteiger partial charge in [0.05, 0.1) is 5.71 Å². The number of nitrogens with one attached hydrogen (secondary N) is 1. The largest absolute Gasteiger partial charge is 0.402 e. The van der Waals surface area contributed by atoms with Crippen molar-refractivity contribution in [3.63, 3.8) is 0 Å². The first-order valence-corrected chi connectivity index (χ1v) is 3.93. The van der Waals surface area contributed by atoms with Gasteiger partial charge in [-0.1, -0.05) is 0 Å². The summed E-state index contributed by atoms with van der Waals surface area (Å²) in [6.07, 6.45) is 4.22. The van der Waals surface area contributed by atoms with E-state index in [2.05, 4.69) is 0 Å². The van der Waals surface area contributed by atoms with Crippen LogP contribution in [0.25, 0.3) is 0 Å². The maximum atomic E-state index is 9.91. The summed E-state index contributed by atoms with van der Waals surface area (Å²) in [6, 6.07) is 0. The Hall–Kier alpha value is -0.830. The molecule has 0 heterocycles. The molecule has 0 bridgehead atoms. The Morgan fingerprint density at radius 3 is 3.09 bits per heavy atom. The molecule has 11 heavy (non-hydrogen) atoms. The first-order chi connectivity index (χ1) is 5.14. The van der Waals surface area contributed by atoms with Gasteiger partial charge in [0, 0.05) is 11.6 Å². The fraction of sp³-hybridized carbons (Fsp3) is 0.625. The number of hydrogen-bond acceptors (Lipinski definition) is 3. The monoisotopic (exact) mass is 152 g/mol. The van der Waals surface area contributed by atoms with E-state index in [0.717, 1.165) is 12.8 Å². The molecule has 0 aromatic rings. The van der Waals surface area contributed by atoms with Gasteiger partial charge in [-0.15, -0.1) is 0 Å². The summed E-state index contributed by atoms with van der Waals surface area (Å²) >= 11 is 0. The molecule has 2 aliphatic rings. The summed E-state index contributed by atoms with van der Waals surface area (Å²) in [6.45, 7) is 0. The lowest BCUT2D eigenvalue weighted by atomic mass is 9.92. The van der Waals surface area contributed by atoms with Gasteiger partial charge >= 0.3 is 0 Å². The van der Waals surface area contributed by atoms with Gasteiger partial charge in [-0.3, -0.25) is 0 Å². The minimum atomic E-state index is -0.899. The van der Waals surface area contributed by atoms with Crippen molar-refractivity contribution in [2.75, 3.05) is 0 Å². The molecule has 0 aromatic heterocycles. The Morgan fingerprint density at radius 1 is 1.73 bits per heavy atom. The second-order valence-corrected chi connectivity index (χ2v) is 3.43. The number of nitrogens with two attached hydrogens (primary N) is 1. The Morgan fingerprint density at radius 2 is 2.45 bits per heavy atom. The predicted molar refractivity (Wildman–Crippen MR) is 42.3 cm³/mol.